The van der Waals surface area contributed by atoms with Crippen molar-refractivity contribution in [1.29, 1.82) is 0 Å². The molecule has 1 rings (SSSR count). The Morgan fingerprint density at radius 3 is 3.20 bits per heavy atom. The Balaban J connectivity index is 2.56. The van der Waals surface area contributed by atoms with Crippen molar-refractivity contribution in [1.82, 2.24) is 0 Å². The molecule has 0 N–H and O–H groups in total. The maximum absolute atomic E-state index is 5.07. The van der Waals surface area contributed by atoms with E-state index < -0.39 is 0 Å². The summed E-state index contributed by atoms with van der Waals surface area (Å²) in [5.74, 6) is 0. The van der Waals surface area contributed by atoms with E-state index in [0.717, 1.165) is 11.5 Å². The quantitative estimate of drug-likeness (QED) is 0.577. The van der Waals surface area contributed by atoms with Crippen LogP contribution in [0.4, 0.5) is 0 Å². The summed E-state index contributed by atoms with van der Waals surface area (Å²) in [6, 6.07) is 0. The number of hydrogen-bond acceptors (Lipinski definition) is 3. The van der Waals surface area contributed by atoms with E-state index in [0.29, 0.717) is 0 Å². The number of ether oxygens (including phenoxy) is 1. The molecule has 0 radical (unpaired) electrons. The summed E-state index contributed by atoms with van der Waals surface area (Å²) in [6.45, 7) is 0. The zero-order chi connectivity index (χ0) is 7.40. The van der Waals surface area contributed by atoms with Crippen LogP contribution < -0.4 is 0 Å². The summed E-state index contributed by atoms with van der Waals surface area (Å²) in [6.07, 6.45) is 7.09. The van der Waals surface area contributed by atoms with Crippen LogP contribution in [0.5, 0.6) is 0 Å². The van der Waals surface area contributed by atoms with Gasteiger partial charge in [-0.2, -0.15) is 0 Å². The first-order chi connectivity index (χ1) is 4.86. The van der Waals surface area contributed by atoms with Gasteiger partial charge >= 0.3 is 0 Å². The lowest BCUT2D eigenvalue weighted by molar-refractivity contribution is 0.112. The van der Waals surface area contributed by atoms with Crippen molar-refractivity contribution in [2.24, 2.45) is 4.99 Å². The van der Waals surface area contributed by atoms with Crippen molar-refractivity contribution < 1.29 is 4.74 Å². The molecule has 0 bridgehead atoms. The van der Waals surface area contributed by atoms with Crippen molar-refractivity contribution in [2.45, 2.75) is 12.6 Å². The smallest absolute Gasteiger partial charge is 0.152 e. The van der Waals surface area contributed by atoms with E-state index in [1.165, 1.54) is 0 Å². The Kier molecular flexibility index (Phi) is 2.96. The number of methoxy groups -OCH3 is 1. The van der Waals surface area contributed by atoms with Crippen LogP contribution >= 0.6 is 11.8 Å². The van der Waals surface area contributed by atoms with Gasteiger partial charge < -0.3 is 4.74 Å². The highest BCUT2D eigenvalue weighted by Crippen LogP contribution is 2.12. The molecule has 56 valence electrons. The molecule has 1 aliphatic heterocycles. The van der Waals surface area contributed by atoms with Gasteiger partial charge in [-0.05, 0) is 12.3 Å². The summed E-state index contributed by atoms with van der Waals surface area (Å²) in [4.78, 5) is 4.29. The number of aliphatic imine (C=N–C) groups is 1. The van der Waals surface area contributed by atoms with Crippen molar-refractivity contribution >= 4 is 16.8 Å². The van der Waals surface area contributed by atoms with E-state index >= 15 is 0 Å². The van der Waals surface area contributed by atoms with Gasteiger partial charge in [0.2, 0.25) is 0 Å². The van der Waals surface area contributed by atoms with Crippen LogP contribution in [-0.4, -0.2) is 24.6 Å². The Morgan fingerprint density at radius 2 is 2.60 bits per heavy atom. The third-order valence-electron chi connectivity index (χ3n) is 1.35. The number of hydrogen-bond donors (Lipinski definition) is 0. The van der Waals surface area contributed by atoms with Crippen LogP contribution in [0.1, 0.15) is 6.42 Å². The topological polar surface area (TPSA) is 21.6 Å². The average molecular weight is 157 g/mol. The summed E-state index contributed by atoms with van der Waals surface area (Å²) >= 11 is 1.65. The Hall–Kier alpha value is -0.280. The molecule has 0 aromatic carbocycles. The van der Waals surface area contributed by atoms with Crippen molar-refractivity contribution in [2.75, 3.05) is 13.4 Å². The second-order valence-electron chi connectivity index (χ2n) is 2.00. The van der Waals surface area contributed by atoms with Crippen LogP contribution in [0.2, 0.25) is 0 Å². The predicted molar refractivity (Wildman–Crippen MR) is 45.5 cm³/mol. The molecule has 0 saturated heterocycles. The number of dihydropyridines is 1. The molecule has 2 nitrogen and oxygen atoms in total. The van der Waals surface area contributed by atoms with Crippen molar-refractivity contribution in [3.63, 3.8) is 0 Å². The molecule has 1 unspecified atom stereocenters. The molecular formula is C7H11NOS. The number of rotatable bonds is 1. The number of thioether (sulfide) groups is 1. The predicted octanol–water partition coefficient (Wildman–Crippen LogP) is 1.68. The molecule has 1 heterocycles. The van der Waals surface area contributed by atoms with Gasteiger partial charge in [0.15, 0.2) is 6.23 Å². The first kappa shape index (κ1) is 7.82. The molecule has 0 aromatic rings. The number of nitrogens with zero attached hydrogens (tertiary/aromatic N) is 1. The normalized spacial score (nSPS) is 24.6. The third kappa shape index (κ3) is 1.85. The standard InChI is InChI=1S/C7H11NOS/c1-9-6-4-3-5-7(8-6)10-2/h3,5-6H,4H2,1-2H3. The fraction of sp³-hybridized carbons (Fsp3) is 0.571. The van der Waals surface area contributed by atoms with E-state index in [4.69, 9.17) is 4.74 Å². The van der Waals surface area contributed by atoms with Crippen LogP contribution in [0.25, 0.3) is 0 Å². The minimum Gasteiger partial charge on any atom is -0.359 e. The second kappa shape index (κ2) is 3.78. The molecule has 10 heavy (non-hydrogen) atoms. The maximum Gasteiger partial charge on any atom is 0.152 e. The highest BCUT2D eigenvalue weighted by Gasteiger charge is 2.07. The van der Waals surface area contributed by atoms with Gasteiger partial charge in [-0.15, -0.1) is 11.8 Å². The second-order valence-corrected chi connectivity index (χ2v) is 2.83. The third-order valence-corrected chi connectivity index (χ3v) is 2.01. The molecule has 0 aromatic heterocycles. The Morgan fingerprint density at radius 1 is 1.80 bits per heavy atom. The molecule has 1 atom stereocenters. The van der Waals surface area contributed by atoms with Crippen LogP contribution in [0, 0.1) is 0 Å². The molecule has 3 heteroatoms. The van der Waals surface area contributed by atoms with E-state index in [1.807, 2.05) is 12.3 Å². The van der Waals surface area contributed by atoms with E-state index in [2.05, 4.69) is 11.1 Å². The summed E-state index contributed by atoms with van der Waals surface area (Å²) in [5, 5.41) is 1.05. The lowest BCUT2D eigenvalue weighted by atomic mass is 10.3. The van der Waals surface area contributed by atoms with Gasteiger partial charge in [-0.25, -0.2) is 4.99 Å². The highest BCUT2D eigenvalue weighted by atomic mass is 32.2. The fourth-order valence-corrected chi connectivity index (χ4v) is 1.25. The Bertz CT molecular complexity index is 165. The largest absolute Gasteiger partial charge is 0.359 e. The van der Waals surface area contributed by atoms with Crippen LogP contribution in [-0.2, 0) is 4.74 Å². The first-order valence-corrected chi connectivity index (χ1v) is 4.40. The van der Waals surface area contributed by atoms with Gasteiger partial charge in [0.1, 0.15) is 0 Å². The van der Waals surface area contributed by atoms with Crippen LogP contribution in [0.3, 0.4) is 0 Å². The molecule has 1 aliphatic rings. The highest BCUT2D eigenvalue weighted by molar-refractivity contribution is 8.13. The molecule has 0 amide bonds. The van der Waals surface area contributed by atoms with Gasteiger partial charge in [0.05, 0.1) is 5.04 Å². The molecule has 0 spiro atoms. The summed E-state index contributed by atoms with van der Waals surface area (Å²) < 4.78 is 5.07. The maximum atomic E-state index is 5.07. The molecular weight excluding hydrogens is 146 g/mol. The zero-order valence-electron chi connectivity index (χ0n) is 6.20. The van der Waals surface area contributed by atoms with E-state index in [-0.39, 0.29) is 6.23 Å². The molecule has 0 saturated carbocycles. The van der Waals surface area contributed by atoms with Gasteiger partial charge in [0, 0.05) is 13.5 Å². The minimum absolute atomic E-state index is 0.0486. The lowest BCUT2D eigenvalue weighted by Gasteiger charge is -2.12. The minimum atomic E-state index is 0.0486. The van der Waals surface area contributed by atoms with Gasteiger partial charge in [-0.3, -0.25) is 0 Å². The van der Waals surface area contributed by atoms with E-state index in [1.54, 1.807) is 18.9 Å². The average Bonchev–Trinajstić information content (AvgIpc) is 2.05. The van der Waals surface area contributed by atoms with Crippen molar-refractivity contribution in [3.8, 4) is 0 Å². The van der Waals surface area contributed by atoms with Gasteiger partial charge in [0.25, 0.3) is 0 Å². The monoisotopic (exact) mass is 157 g/mol. The van der Waals surface area contributed by atoms with E-state index in [9.17, 15) is 0 Å². The van der Waals surface area contributed by atoms with Crippen molar-refractivity contribution in [3.05, 3.63) is 12.2 Å². The van der Waals surface area contributed by atoms with Gasteiger partial charge in [-0.1, -0.05) is 6.08 Å². The molecule has 0 aliphatic carbocycles. The summed E-state index contributed by atoms with van der Waals surface area (Å²) in [5.41, 5.74) is 0. The lowest BCUT2D eigenvalue weighted by Crippen LogP contribution is -2.11. The molecule has 0 fully saturated rings. The first-order valence-electron chi connectivity index (χ1n) is 3.18. The summed E-state index contributed by atoms with van der Waals surface area (Å²) in [7, 11) is 1.69. The zero-order valence-corrected chi connectivity index (χ0v) is 7.02. The van der Waals surface area contributed by atoms with Crippen LogP contribution in [0.15, 0.2) is 17.1 Å². The SMILES string of the molecule is COC1CC=CC(SC)=N1. The Labute approximate surface area is 65.4 Å². The fourth-order valence-electron chi connectivity index (χ4n) is 0.793.